The van der Waals surface area contributed by atoms with Crippen molar-refractivity contribution in [3.05, 3.63) is 29.8 Å². The Kier molecular flexibility index (Phi) is 3.45. The van der Waals surface area contributed by atoms with E-state index in [2.05, 4.69) is 11.4 Å². The van der Waals surface area contributed by atoms with Crippen LogP contribution in [0.1, 0.15) is 25.8 Å². The molecule has 1 heterocycles. The van der Waals surface area contributed by atoms with Crippen LogP contribution in [0.4, 0.5) is 0 Å². The van der Waals surface area contributed by atoms with Crippen LogP contribution >= 0.6 is 11.8 Å². The van der Waals surface area contributed by atoms with Crippen molar-refractivity contribution in [2.45, 2.75) is 36.7 Å². The van der Waals surface area contributed by atoms with E-state index in [9.17, 15) is 4.79 Å². The summed E-state index contributed by atoms with van der Waals surface area (Å²) in [5, 5.41) is 3.36. The molecule has 2 rings (SSSR count). The minimum absolute atomic E-state index is 0.221. The van der Waals surface area contributed by atoms with E-state index in [4.69, 9.17) is 5.73 Å². The van der Waals surface area contributed by atoms with Crippen LogP contribution in [0.15, 0.2) is 29.2 Å². The smallest absolute Gasteiger partial charge is 0.242 e. The Morgan fingerprint density at radius 2 is 2.18 bits per heavy atom. The van der Waals surface area contributed by atoms with Crippen molar-refractivity contribution in [1.29, 1.82) is 0 Å². The van der Waals surface area contributed by atoms with Crippen LogP contribution in [0.25, 0.3) is 0 Å². The van der Waals surface area contributed by atoms with Gasteiger partial charge < -0.3 is 5.73 Å². The first kappa shape index (κ1) is 12.5. The molecular weight excluding hydrogens is 232 g/mol. The number of carbonyl (C=O) groups is 1. The van der Waals surface area contributed by atoms with Gasteiger partial charge in [-0.05, 0) is 31.9 Å². The number of amides is 1. The molecule has 17 heavy (non-hydrogen) atoms. The maximum absolute atomic E-state index is 11.9. The molecule has 1 atom stereocenters. The van der Waals surface area contributed by atoms with Gasteiger partial charge in [-0.15, -0.1) is 11.8 Å². The van der Waals surface area contributed by atoms with Gasteiger partial charge >= 0.3 is 0 Å². The number of hydrogen-bond acceptors (Lipinski definition) is 3. The molecular formula is C13H18N2OS. The molecule has 0 aliphatic carbocycles. The Bertz CT molecular complexity index is 433. The minimum atomic E-state index is -0.698. The molecule has 3 nitrogen and oxygen atoms in total. The molecule has 0 bridgehead atoms. The number of primary amides is 1. The Morgan fingerprint density at radius 1 is 1.47 bits per heavy atom. The molecule has 4 heteroatoms. The number of thioether (sulfide) groups is 1. The second kappa shape index (κ2) is 4.70. The highest BCUT2D eigenvalue weighted by molar-refractivity contribution is 7.99. The summed E-state index contributed by atoms with van der Waals surface area (Å²) in [6.07, 6.45) is 0.752. The molecule has 0 saturated carbocycles. The van der Waals surface area contributed by atoms with E-state index < -0.39 is 5.54 Å². The van der Waals surface area contributed by atoms with Crippen LogP contribution in [0, 0.1) is 0 Å². The van der Waals surface area contributed by atoms with Crippen molar-refractivity contribution in [1.82, 2.24) is 5.32 Å². The third-order valence-electron chi connectivity index (χ3n) is 3.04. The summed E-state index contributed by atoms with van der Waals surface area (Å²) < 4.78 is 0. The molecule has 92 valence electrons. The predicted molar refractivity (Wildman–Crippen MR) is 70.9 cm³/mol. The second-order valence-corrected chi connectivity index (χ2v) is 5.80. The highest BCUT2D eigenvalue weighted by Crippen LogP contribution is 2.40. The van der Waals surface area contributed by atoms with Gasteiger partial charge in [-0.2, -0.15) is 0 Å². The molecule has 1 aliphatic heterocycles. The largest absolute Gasteiger partial charge is 0.368 e. The molecule has 0 radical (unpaired) electrons. The van der Waals surface area contributed by atoms with Gasteiger partial charge in [0.2, 0.25) is 5.91 Å². The monoisotopic (exact) mass is 250 g/mol. The number of carbonyl (C=O) groups excluding carboxylic acids is 1. The lowest BCUT2D eigenvalue weighted by molar-refractivity contribution is -0.125. The summed E-state index contributed by atoms with van der Waals surface area (Å²) >= 11 is 1.79. The van der Waals surface area contributed by atoms with Gasteiger partial charge in [0.15, 0.2) is 0 Å². The van der Waals surface area contributed by atoms with Crippen molar-refractivity contribution in [3.63, 3.8) is 0 Å². The number of benzene rings is 1. The van der Waals surface area contributed by atoms with Gasteiger partial charge in [-0.1, -0.05) is 18.2 Å². The molecule has 1 unspecified atom stereocenters. The maximum atomic E-state index is 11.9. The van der Waals surface area contributed by atoms with Crippen LogP contribution in [0.5, 0.6) is 0 Å². The molecule has 3 N–H and O–H groups in total. The maximum Gasteiger partial charge on any atom is 0.242 e. The van der Waals surface area contributed by atoms with Crippen LogP contribution in [0.3, 0.4) is 0 Å². The highest BCUT2D eigenvalue weighted by Gasteiger charge is 2.42. The SMILES string of the molecule is CC(C)NC1(C(N)=O)CCSc2ccccc21. The van der Waals surface area contributed by atoms with Crippen LogP contribution in [-0.2, 0) is 10.3 Å². The van der Waals surface area contributed by atoms with Gasteiger partial charge in [0.05, 0.1) is 0 Å². The van der Waals surface area contributed by atoms with E-state index in [-0.39, 0.29) is 11.9 Å². The first-order chi connectivity index (χ1) is 8.06. The van der Waals surface area contributed by atoms with Crippen molar-refractivity contribution < 1.29 is 4.79 Å². The van der Waals surface area contributed by atoms with E-state index in [1.807, 2.05) is 32.0 Å². The molecule has 1 amide bonds. The molecule has 1 aromatic carbocycles. The normalized spacial score (nSPS) is 23.5. The topological polar surface area (TPSA) is 55.1 Å². The van der Waals surface area contributed by atoms with Crippen LogP contribution in [0.2, 0.25) is 0 Å². The standard InChI is InChI=1S/C13H18N2OS/c1-9(2)15-13(12(14)16)7-8-17-11-6-4-3-5-10(11)13/h3-6,9,15H,7-8H2,1-2H3,(H2,14,16). The zero-order valence-electron chi connectivity index (χ0n) is 10.2. The Morgan fingerprint density at radius 3 is 2.82 bits per heavy atom. The number of nitrogens with two attached hydrogens (primary N) is 1. The number of hydrogen-bond donors (Lipinski definition) is 2. The lowest BCUT2D eigenvalue weighted by Crippen LogP contribution is -2.56. The summed E-state index contributed by atoms with van der Waals surface area (Å²) in [7, 11) is 0. The van der Waals surface area contributed by atoms with Crippen molar-refractivity contribution in [2.24, 2.45) is 5.73 Å². The summed E-state index contributed by atoms with van der Waals surface area (Å²) in [6, 6.07) is 8.24. The highest BCUT2D eigenvalue weighted by atomic mass is 32.2. The Balaban J connectivity index is 2.51. The molecule has 0 saturated heterocycles. The molecule has 0 aromatic heterocycles. The van der Waals surface area contributed by atoms with E-state index in [0.29, 0.717) is 0 Å². The van der Waals surface area contributed by atoms with Gasteiger partial charge in [0, 0.05) is 16.7 Å². The number of nitrogens with one attached hydrogen (secondary N) is 1. The average molecular weight is 250 g/mol. The Labute approximate surface area is 106 Å². The van der Waals surface area contributed by atoms with Crippen LogP contribution in [-0.4, -0.2) is 17.7 Å². The average Bonchev–Trinajstić information content (AvgIpc) is 2.28. The van der Waals surface area contributed by atoms with Crippen molar-refractivity contribution in [3.8, 4) is 0 Å². The number of fused-ring (bicyclic) bond motifs is 1. The van der Waals surface area contributed by atoms with E-state index >= 15 is 0 Å². The second-order valence-electron chi connectivity index (χ2n) is 4.66. The van der Waals surface area contributed by atoms with Gasteiger partial charge in [0.25, 0.3) is 0 Å². The first-order valence-electron chi connectivity index (χ1n) is 5.86. The predicted octanol–water partition coefficient (Wildman–Crippen LogP) is 1.86. The lowest BCUT2D eigenvalue weighted by atomic mass is 9.85. The summed E-state index contributed by atoms with van der Waals surface area (Å²) in [6.45, 7) is 4.07. The molecule has 0 spiro atoms. The van der Waals surface area contributed by atoms with Crippen molar-refractivity contribution >= 4 is 17.7 Å². The molecule has 1 aliphatic rings. The van der Waals surface area contributed by atoms with Gasteiger partial charge in [-0.3, -0.25) is 10.1 Å². The zero-order valence-corrected chi connectivity index (χ0v) is 11.0. The molecule has 1 aromatic rings. The van der Waals surface area contributed by atoms with Gasteiger partial charge in [-0.25, -0.2) is 0 Å². The van der Waals surface area contributed by atoms with E-state index in [1.54, 1.807) is 11.8 Å². The number of rotatable bonds is 3. The Hall–Kier alpha value is -1.00. The summed E-state index contributed by atoms with van der Waals surface area (Å²) in [5.41, 5.74) is 5.98. The van der Waals surface area contributed by atoms with E-state index in [1.165, 1.54) is 0 Å². The quantitative estimate of drug-likeness (QED) is 0.861. The fraction of sp³-hybridized carbons (Fsp3) is 0.462. The van der Waals surface area contributed by atoms with Crippen LogP contribution < -0.4 is 11.1 Å². The fourth-order valence-corrected chi connectivity index (χ4v) is 3.56. The summed E-state index contributed by atoms with van der Waals surface area (Å²) in [4.78, 5) is 13.1. The van der Waals surface area contributed by atoms with Gasteiger partial charge in [0.1, 0.15) is 5.54 Å². The zero-order chi connectivity index (χ0) is 12.5. The third-order valence-corrected chi connectivity index (χ3v) is 4.11. The fourth-order valence-electron chi connectivity index (χ4n) is 2.36. The molecule has 0 fully saturated rings. The minimum Gasteiger partial charge on any atom is -0.368 e. The van der Waals surface area contributed by atoms with Crippen molar-refractivity contribution in [2.75, 3.05) is 5.75 Å². The third kappa shape index (κ3) is 2.19. The first-order valence-corrected chi connectivity index (χ1v) is 6.85. The summed E-state index contributed by atoms with van der Waals surface area (Å²) in [5.74, 6) is 0.638. The lowest BCUT2D eigenvalue weighted by Gasteiger charge is -2.38. The van der Waals surface area contributed by atoms with E-state index in [0.717, 1.165) is 22.6 Å².